The van der Waals surface area contributed by atoms with E-state index >= 15 is 4.79 Å². The zero-order valence-electron chi connectivity index (χ0n) is 57.5. The van der Waals surface area contributed by atoms with Gasteiger partial charge in [0.15, 0.2) is 11.6 Å². The minimum atomic E-state index is -5.05. The lowest BCUT2D eigenvalue weighted by molar-refractivity contribution is 0.0555. The molecule has 14 rings (SSSR count). The number of amides is 4. The van der Waals surface area contributed by atoms with Crippen molar-refractivity contribution >= 4 is 139 Å². The van der Waals surface area contributed by atoms with Crippen LogP contribution < -0.4 is 0 Å². The predicted molar refractivity (Wildman–Crippen MR) is 434 cm³/mol. The SMILES string of the molecule is C.C.CCOP(=O)(OCC)C(C(=O)c1cc2ccccc2cc1C(=O)N(C)C1CCN(C(=O)c2ccc3ccccc3c2)CC1)c1cccc2ccccc12.CN(C(=O)c1cc2ccccc2cc1C(=O)C(c1cccc2ccccc12)P(=O)(O)O)C1CCN(C(=O)c2ccc3ccccc3c2)CC1.I.[HH]. The summed E-state index contributed by atoms with van der Waals surface area (Å²) < 4.78 is 39.6. The van der Waals surface area contributed by atoms with E-state index in [9.17, 15) is 42.9 Å². The van der Waals surface area contributed by atoms with Crippen molar-refractivity contribution in [3.63, 3.8) is 0 Å². The van der Waals surface area contributed by atoms with Crippen LogP contribution in [0.25, 0.3) is 64.6 Å². The van der Waals surface area contributed by atoms with Gasteiger partial charge in [-0.15, -0.1) is 24.0 Å². The molecule has 542 valence electrons. The molecule has 12 aromatic rings. The van der Waals surface area contributed by atoms with Crippen molar-refractivity contribution in [1.29, 1.82) is 0 Å². The van der Waals surface area contributed by atoms with E-state index in [1.807, 2.05) is 187 Å². The first-order valence-corrected chi connectivity index (χ1v) is 37.8. The molecule has 0 bridgehead atoms. The summed E-state index contributed by atoms with van der Waals surface area (Å²) in [5.74, 6) is -2.16. The normalized spacial score (nSPS) is 14.1. The lowest BCUT2D eigenvalue weighted by atomic mass is 9.91. The van der Waals surface area contributed by atoms with E-state index in [0.29, 0.717) is 79.3 Å². The number of nitrogens with zero attached hydrogens (tertiary/aromatic N) is 4. The monoisotopic (exact) mass is 1560 g/mol. The second-order valence-electron chi connectivity index (χ2n) is 26.1. The molecular formula is C86H89IN4O12P2. The first-order valence-electron chi connectivity index (χ1n) is 34.5. The second-order valence-corrected chi connectivity index (χ2v) is 29.9. The van der Waals surface area contributed by atoms with Crippen molar-refractivity contribution in [2.24, 2.45) is 0 Å². The average molecular weight is 1560 g/mol. The minimum absolute atomic E-state index is 0. The van der Waals surface area contributed by atoms with E-state index < -0.39 is 44.0 Å². The number of carbonyl (C=O) groups excluding carboxylic acids is 6. The van der Waals surface area contributed by atoms with Gasteiger partial charge in [-0.3, -0.25) is 37.9 Å². The molecule has 2 saturated heterocycles. The Morgan fingerprint density at radius 2 is 0.705 bits per heavy atom. The minimum Gasteiger partial charge on any atom is -0.339 e. The van der Waals surface area contributed by atoms with Crippen molar-refractivity contribution in [2.75, 3.05) is 53.5 Å². The van der Waals surface area contributed by atoms with Crippen LogP contribution in [0.2, 0.25) is 0 Å². The summed E-state index contributed by atoms with van der Waals surface area (Å²) >= 11 is 0. The van der Waals surface area contributed by atoms with Crippen molar-refractivity contribution in [1.82, 2.24) is 19.6 Å². The van der Waals surface area contributed by atoms with E-state index in [1.54, 1.807) is 103 Å². The number of hydrogen-bond acceptors (Lipinski definition) is 10. The molecule has 19 heteroatoms. The molecular weight excluding hydrogens is 1470 g/mol. The standard InChI is InChI=1S/C44H43N2O6P.C40H35N2O6P.2CH4.HI.H2/c1-4-51-53(50,52-5-2)42(38-20-12-18-31-14-10-11-19-37(31)38)41(47)39-28-33-16-8-9-17-34(33)29-40(39)44(49)45(3)36-23-25-46(26-24-36)43(48)35-22-21-30-13-6-7-15-32(30)27-35;1-41(32-19-21-42(22-20-32)39(44)31-18-17-26-9-2-3-11-28(26)23-31)40(45)36-25-30-13-5-4-12-29(30)24-35(36)37(43)38(49(46,47)48)34-16-8-14-27-10-6-7-15-33(27)34;;;;/h6-22,27-29,36,42H,4-5,23-26H2,1-3H3;2-18,23-25,32,38H,19-22H2,1H3,(H2,46,47,48);2*1H4;2*1H. The van der Waals surface area contributed by atoms with E-state index in [2.05, 4.69) is 0 Å². The van der Waals surface area contributed by atoms with Crippen LogP contribution >= 0.6 is 39.2 Å². The molecule has 16 nitrogen and oxygen atoms in total. The third-order valence-electron chi connectivity index (χ3n) is 20.0. The van der Waals surface area contributed by atoms with Crippen LogP contribution in [0.15, 0.2) is 243 Å². The number of halogens is 1. The topological polar surface area (TPSA) is 208 Å². The Hall–Kier alpha value is -9.55. The van der Waals surface area contributed by atoms with Gasteiger partial charge in [0, 0.05) is 76.0 Å². The number of ketones is 2. The summed E-state index contributed by atoms with van der Waals surface area (Å²) in [6, 6.07) is 73.8. The van der Waals surface area contributed by atoms with Crippen molar-refractivity contribution < 1.29 is 58.2 Å². The fourth-order valence-corrected chi connectivity index (χ4v) is 17.7. The van der Waals surface area contributed by atoms with Gasteiger partial charge in [0.1, 0.15) is 11.3 Å². The molecule has 0 saturated carbocycles. The first kappa shape index (κ1) is 78.0. The summed E-state index contributed by atoms with van der Waals surface area (Å²) in [7, 11) is -5.72. The van der Waals surface area contributed by atoms with Crippen molar-refractivity contribution in [3.05, 3.63) is 287 Å². The van der Waals surface area contributed by atoms with Crippen LogP contribution in [0, 0.1) is 0 Å². The van der Waals surface area contributed by atoms with Crippen LogP contribution in [-0.2, 0) is 18.2 Å². The summed E-state index contributed by atoms with van der Waals surface area (Å²) in [6.45, 7) is 5.48. The molecule has 105 heavy (non-hydrogen) atoms. The number of rotatable bonds is 18. The number of piperidine rings is 2. The smallest absolute Gasteiger partial charge is 0.339 e. The first-order chi connectivity index (χ1) is 49.3. The molecule has 2 unspecified atom stereocenters. The second kappa shape index (κ2) is 33.7. The molecule has 0 aromatic heterocycles. The van der Waals surface area contributed by atoms with E-state index in [0.717, 1.165) is 53.9 Å². The van der Waals surface area contributed by atoms with Crippen molar-refractivity contribution in [2.45, 2.75) is 77.8 Å². The van der Waals surface area contributed by atoms with Gasteiger partial charge in [-0.1, -0.05) is 209 Å². The number of likely N-dealkylation sites (tertiary alicyclic amines) is 2. The van der Waals surface area contributed by atoms with E-state index in [4.69, 9.17) is 9.05 Å². The lowest BCUT2D eigenvalue weighted by Gasteiger charge is -2.37. The van der Waals surface area contributed by atoms with Crippen LogP contribution in [0.3, 0.4) is 0 Å². The zero-order valence-corrected chi connectivity index (χ0v) is 61.7. The van der Waals surface area contributed by atoms with Crippen LogP contribution in [0.1, 0.15) is 140 Å². The number of fused-ring (bicyclic) bond motifs is 6. The van der Waals surface area contributed by atoms with Gasteiger partial charge in [-0.05, 0) is 164 Å². The largest absolute Gasteiger partial charge is 0.345 e. The average Bonchev–Trinajstić information content (AvgIpc) is 0.753. The Morgan fingerprint density at radius 3 is 1.06 bits per heavy atom. The highest BCUT2D eigenvalue weighted by molar-refractivity contribution is 14.0. The predicted octanol–water partition coefficient (Wildman–Crippen LogP) is 19.5. The molecule has 2 aliphatic rings. The lowest BCUT2D eigenvalue weighted by Crippen LogP contribution is -2.47. The molecule has 2 N–H and O–H groups in total. The van der Waals surface area contributed by atoms with Crippen LogP contribution in [0.5, 0.6) is 0 Å². The van der Waals surface area contributed by atoms with E-state index in [1.165, 1.54) is 0 Å². The summed E-state index contributed by atoms with van der Waals surface area (Å²) in [4.78, 5) is 114. The Morgan fingerprint density at radius 1 is 0.410 bits per heavy atom. The molecule has 2 heterocycles. The van der Waals surface area contributed by atoms with Gasteiger partial charge >= 0.3 is 15.2 Å². The number of hydrogen-bond donors (Lipinski definition) is 2. The maximum absolute atomic E-state index is 15.1. The third kappa shape index (κ3) is 16.3. The number of carbonyl (C=O) groups is 6. The Balaban J connectivity index is 0.000000237. The molecule has 0 aliphatic carbocycles. The Kier molecular flexibility index (Phi) is 25.0. The number of Topliss-reactive ketones (excluding diaryl/α,β-unsaturated/α-hetero) is 2. The zero-order chi connectivity index (χ0) is 71.4. The van der Waals surface area contributed by atoms with Gasteiger partial charge in [0.05, 0.1) is 24.3 Å². The van der Waals surface area contributed by atoms with Gasteiger partial charge in [0.2, 0.25) is 0 Å². The molecule has 2 aliphatic heterocycles. The molecule has 2 atom stereocenters. The molecule has 12 aromatic carbocycles. The van der Waals surface area contributed by atoms with Gasteiger partial charge in [-0.25, -0.2) is 0 Å². The maximum atomic E-state index is 15.1. The molecule has 0 radical (unpaired) electrons. The summed E-state index contributed by atoms with van der Waals surface area (Å²) in [5, 5.41) is 10.1. The Labute approximate surface area is 631 Å². The highest BCUT2D eigenvalue weighted by atomic mass is 127. The van der Waals surface area contributed by atoms with Gasteiger partial charge in [-0.2, -0.15) is 0 Å². The quantitative estimate of drug-likeness (QED) is 0.0467. The fraction of sp³-hybridized carbons (Fsp3) is 0.233. The molecule has 2 fully saturated rings. The highest BCUT2D eigenvalue weighted by Gasteiger charge is 2.46. The van der Waals surface area contributed by atoms with Crippen molar-refractivity contribution in [3.8, 4) is 0 Å². The maximum Gasteiger partial charge on any atom is 0.345 e. The summed E-state index contributed by atoms with van der Waals surface area (Å²) in [6.07, 6.45) is 2.25. The summed E-state index contributed by atoms with van der Waals surface area (Å²) in [5.41, 5.74) is -0.730. The third-order valence-corrected chi connectivity index (χ3v) is 23.6. The fourth-order valence-electron chi connectivity index (χ4n) is 14.6. The molecule has 4 amide bonds. The highest BCUT2D eigenvalue weighted by Crippen LogP contribution is 2.63. The Bertz CT molecular complexity index is 5350. The number of benzene rings is 12. The van der Waals surface area contributed by atoms with Crippen LogP contribution in [0.4, 0.5) is 0 Å². The van der Waals surface area contributed by atoms with E-state index in [-0.39, 0.29) is 111 Å². The van der Waals surface area contributed by atoms with Gasteiger partial charge < -0.3 is 38.4 Å². The van der Waals surface area contributed by atoms with Gasteiger partial charge in [0.25, 0.3) is 23.6 Å². The van der Waals surface area contributed by atoms with Crippen LogP contribution in [-0.4, -0.2) is 130 Å². The molecule has 0 spiro atoms.